The molecule has 0 saturated carbocycles. The molecule has 104 valence electrons. The van der Waals surface area contributed by atoms with E-state index in [4.69, 9.17) is 4.74 Å². The number of methoxy groups -OCH3 is 1. The highest BCUT2D eigenvalue weighted by molar-refractivity contribution is 5.94. The zero-order valence-corrected chi connectivity index (χ0v) is 11.7. The minimum Gasteiger partial charge on any atom is -0.382 e. The summed E-state index contributed by atoms with van der Waals surface area (Å²) in [6.07, 6.45) is 3.19. The molecule has 0 fully saturated rings. The quantitative estimate of drug-likeness (QED) is 0.907. The van der Waals surface area contributed by atoms with Crippen LogP contribution in [0.5, 0.6) is 0 Å². The van der Waals surface area contributed by atoms with E-state index in [-0.39, 0.29) is 5.91 Å². The first-order chi connectivity index (χ1) is 9.65. The van der Waals surface area contributed by atoms with Gasteiger partial charge in [0.1, 0.15) is 0 Å². The average Bonchev–Trinajstić information content (AvgIpc) is 2.49. The predicted molar refractivity (Wildman–Crippen MR) is 77.4 cm³/mol. The predicted octanol–water partition coefficient (Wildman–Crippen LogP) is 2.37. The summed E-state index contributed by atoms with van der Waals surface area (Å²) in [7, 11) is 1.62. The Morgan fingerprint density at radius 2 is 2.00 bits per heavy atom. The smallest absolute Gasteiger partial charge is 0.253 e. The Morgan fingerprint density at radius 3 is 2.60 bits per heavy atom. The first kappa shape index (κ1) is 14.2. The Bertz CT molecular complexity index is 557. The normalized spacial score (nSPS) is 13.5. The molecule has 4 nitrogen and oxygen atoms in total. The largest absolute Gasteiger partial charge is 0.382 e. The molecule has 0 spiro atoms. The van der Waals surface area contributed by atoms with Crippen LogP contribution in [0.2, 0.25) is 0 Å². The van der Waals surface area contributed by atoms with Crippen molar-refractivity contribution in [3.8, 4) is 0 Å². The van der Waals surface area contributed by atoms with Gasteiger partial charge in [0.15, 0.2) is 0 Å². The van der Waals surface area contributed by atoms with Crippen LogP contribution in [0.3, 0.4) is 0 Å². The van der Waals surface area contributed by atoms with Crippen LogP contribution in [0.25, 0.3) is 0 Å². The number of aromatic nitrogens is 1. The first-order valence-corrected chi connectivity index (χ1v) is 6.43. The lowest BCUT2D eigenvalue weighted by Crippen LogP contribution is -2.46. The van der Waals surface area contributed by atoms with Crippen LogP contribution in [-0.2, 0) is 10.3 Å². The third-order valence-electron chi connectivity index (χ3n) is 3.16. The molecule has 0 aliphatic heterocycles. The topological polar surface area (TPSA) is 51.2 Å². The van der Waals surface area contributed by atoms with Gasteiger partial charge in [-0.3, -0.25) is 9.78 Å². The monoisotopic (exact) mass is 270 g/mol. The van der Waals surface area contributed by atoms with Crippen LogP contribution in [0.15, 0.2) is 54.9 Å². The lowest BCUT2D eigenvalue weighted by molar-refractivity contribution is 0.0785. The van der Waals surface area contributed by atoms with Crippen molar-refractivity contribution in [2.24, 2.45) is 0 Å². The number of carbonyl (C=O) groups excluding carboxylic acids is 1. The number of hydrogen-bond acceptors (Lipinski definition) is 3. The van der Waals surface area contributed by atoms with E-state index >= 15 is 0 Å². The van der Waals surface area contributed by atoms with Crippen molar-refractivity contribution in [2.45, 2.75) is 12.5 Å². The molecule has 1 N–H and O–H groups in total. The van der Waals surface area contributed by atoms with Gasteiger partial charge in [0.2, 0.25) is 0 Å². The Balaban J connectivity index is 2.24. The number of carbonyl (C=O) groups is 1. The summed E-state index contributed by atoms with van der Waals surface area (Å²) in [6.45, 7) is 2.34. The number of hydrogen-bond donors (Lipinski definition) is 1. The van der Waals surface area contributed by atoms with Crippen molar-refractivity contribution in [2.75, 3.05) is 13.7 Å². The molecule has 0 saturated heterocycles. The van der Waals surface area contributed by atoms with E-state index in [2.05, 4.69) is 10.3 Å². The van der Waals surface area contributed by atoms with Gasteiger partial charge in [-0.15, -0.1) is 0 Å². The second-order valence-electron chi connectivity index (χ2n) is 4.83. The number of rotatable bonds is 5. The number of amides is 1. The number of benzene rings is 1. The second kappa shape index (κ2) is 6.30. The summed E-state index contributed by atoms with van der Waals surface area (Å²) in [6, 6.07) is 13.3. The zero-order valence-electron chi connectivity index (χ0n) is 11.7. The van der Waals surface area contributed by atoms with Crippen LogP contribution < -0.4 is 5.32 Å². The fraction of sp³-hybridized carbons (Fsp3) is 0.250. The van der Waals surface area contributed by atoms with Crippen LogP contribution in [-0.4, -0.2) is 24.6 Å². The molecule has 2 rings (SSSR count). The molecule has 1 aromatic carbocycles. The summed E-state index contributed by atoms with van der Waals surface area (Å²) < 4.78 is 5.27. The maximum absolute atomic E-state index is 12.3. The van der Waals surface area contributed by atoms with Gasteiger partial charge in [0.25, 0.3) is 5.91 Å². The molecule has 1 aromatic heterocycles. The highest BCUT2D eigenvalue weighted by atomic mass is 16.5. The summed E-state index contributed by atoms with van der Waals surface area (Å²) in [5, 5.41) is 3.02. The van der Waals surface area contributed by atoms with E-state index in [0.29, 0.717) is 12.2 Å². The Morgan fingerprint density at radius 1 is 1.25 bits per heavy atom. The van der Waals surface area contributed by atoms with E-state index < -0.39 is 5.54 Å². The van der Waals surface area contributed by atoms with E-state index in [0.717, 1.165) is 5.56 Å². The van der Waals surface area contributed by atoms with Gasteiger partial charge < -0.3 is 10.1 Å². The third kappa shape index (κ3) is 3.22. The second-order valence-corrected chi connectivity index (χ2v) is 4.83. The van der Waals surface area contributed by atoms with Crippen molar-refractivity contribution >= 4 is 5.91 Å². The number of nitrogens with one attached hydrogen (secondary N) is 1. The minimum atomic E-state index is -0.580. The Labute approximate surface area is 118 Å². The number of ether oxygens (including phenoxy) is 1. The van der Waals surface area contributed by atoms with Crippen LogP contribution >= 0.6 is 0 Å². The molecule has 0 radical (unpaired) electrons. The van der Waals surface area contributed by atoms with E-state index in [1.54, 1.807) is 31.6 Å². The fourth-order valence-corrected chi connectivity index (χ4v) is 2.11. The van der Waals surface area contributed by atoms with Crippen molar-refractivity contribution in [3.63, 3.8) is 0 Å². The molecule has 2 aromatic rings. The lowest BCUT2D eigenvalue weighted by atomic mass is 9.92. The van der Waals surface area contributed by atoms with E-state index in [1.165, 1.54) is 0 Å². The summed E-state index contributed by atoms with van der Waals surface area (Å²) in [4.78, 5) is 16.3. The maximum Gasteiger partial charge on any atom is 0.253 e. The molecule has 0 aliphatic rings. The Kier molecular flexibility index (Phi) is 4.48. The highest BCUT2D eigenvalue weighted by Gasteiger charge is 2.28. The van der Waals surface area contributed by atoms with Gasteiger partial charge in [-0.1, -0.05) is 30.3 Å². The van der Waals surface area contributed by atoms with Crippen LogP contribution in [0, 0.1) is 0 Å². The number of nitrogens with zero attached hydrogens (tertiary/aromatic N) is 1. The summed E-state index contributed by atoms with van der Waals surface area (Å²) >= 11 is 0. The molecular weight excluding hydrogens is 252 g/mol. The molecule has 1 amide bonds. The minimum absolute atomic E-state index is 0.165. The van der Waals surface area contributed by atoms with Gasteiger partial charge in [0.05, 0.1) is 17.7 Å². The fourth-order valence-electron chi connectivity index (χ4n) is 2.11. The molecule has 20 heavy (non-hydrogen) atoms. The lowest BCUT2D eigenvalue weighted by Gasteiger charge is -2.30. The maximum atomic E-state index is 12.3. The van der Waals surface area contributed by atoms with Crippen molar-refractivity contribution in [3.05, 3.63) is 66.0 Å². The molecule has 0 aliphatic carbocycles. The summed E-state index contributed by atoms with van der Waals surface area (Å²) in [5.41, 5.74) is 0.952. The van der Waals surface area contributed by atoms with Crippen molar-refractivity contribution in [1.82, 2.24) is 10.3 Å². The standard InChI is InChI=1S/C16H18N2O2/c1-16(12-20-2,14-8-4-3-5-9-14)18-15(19)13-7-6-10-17-11-13/h3-11H,12H2,1-2H3,(H,18,19)/t16-/m1/s1. The first-order valence-electron chi connectivity index (χ1n) is 6.43. The van der Waals surface area contributed by atoms with E-state index in [1.807, 2.05) is 37.3 Å². The molecule has 0 unspecified atom stereocenters. The zero-order chi connectivity index (χ0) is 14.4. The SMILES string of the molecule is COC[C@@](C)(NC(=O)c1cccnc1)c1ccccc1. The average molecular weight is 270 g/mol. The number of pyridine rings is 1. The van der Waals surface area contributed by atoms with Gasteiger partial charge in [0, 0.05) is 19.5 Å². The van der Waals surface area contributed by atoms with Gasteiger partial charge >= 0.3 is 0 Å². The van der Waals surface area contributed by atoms with Crippen LogP contribution in [0.1, 0.15) is 22.8 Å². The van der Waals surface area contributed by atoms with Crippen molar-refractivity contribution < 1.29 is 9.53 Å². The highest BCUT2D eigenvalue weighted by Crippen LogP contribution is 2.21. The van der Waals surface area contributed by atoms with Crippen LogP contribution in [0.4, 0.5) is 0 Å². The van der Waals surface area contributed by atoms with Crippen molar-refractivity contribution in [1.29, 1.82) is 0 Å². The molecule has 1 heterocycles. The van der Waals surface area contributed by atoms with Gasteiger partial charge in [-0.05, 0) is 24.6 Å². The van der Waals surface area contributed by atoms with Gasteiger partial charge in [-0.25, -0.2) is 0 Å². The van der Waals surface area contributed by atoms with E-state index in [9.17, 15) is 4.79 Å². The molecule has 0 bridgehead atoms. The van der Waals surface area contributed by atoms with Gasteiger partial charge in [-0.2, -0.15) is 0 Å². The summed E-state index contributed by atoms with van der Waals surface area (Å²) in [5.74, 6) is -0.165. The molecule has 4 heteroatoms. The molecule has 1 atom stereocenters. The Hall–Kier alpha value is -2.20. The third-order valence-corrected chi connectivity index (χ3v) is 3.16. The molecular formula is C16H18N2O2.